The van der Waals surface area contributed by atoms with Crippen LogP contribution in [0.2, 0.25) is 0 Å². The largest absolute Gasteiger partial charge is 0.451 e. The van der Waals surface area contributed by atoms with Crippen molar-refractivity contribution in [3.8, 4) is 0 Å². The van der Waals surface area contributed by atoms with Gasteiger partial charge in [0.05, 0.1) is 6.04 Å². The van der Waals surface area contributed by atoms with Crippen LogP contribution in [0.1, 0.15) is 23.8 Å². The molecule has 3 rings (SSSR count). The minimum atomic E-state index is -0.277. The molecular weight excluding hydrogens is 416 g/mol. The number of thioether (sulfide) groups is 1. The summed E-state index contributed by atoms with van der Waals surface area (Å²) in [5.74, 6) is 1.05. The zero-order chi connectivity index (χ0) is 15.5. The Morgan fingerprint density at radius 3 is 3.05 bits per heavy atom. The molecule has 1 atom stereocenters. The number of benzene rings is 1. The predicted octanol–water partition coefficient (Wildman–Crippen LogP) is 4.39. The Morgan fingerprint density at radius 1 is 1.41 bits per heavy atom. The zero-order valence-corrected chi connectivity index (χ0v) is 14.5. The maximum absolute atomic E-state index is 13.4. The number of hydrogen-bond acceptors (Lipinski definition) is 3. The first-order valence-corrected chi connectivity index (χ1v) is 8.84. The zero-order valence-electron chi connectivity index (χ0n) is 11.5. The van der Waals surface area contributed by atoms with Crippen molar-refractivity contribution in [3.05, 3.63) is 57.3 Å². The average molecular weight is 429 g/mol. The van der Waals surface area contributed by atoms with Crippen molar-refractivity contribution < 1.29 is 13.6 Å². The van der Waals surface area contributed by atoms with Crippen LogP contribution in [0.4, 0.5) is 4.39 Å². The molecule has 22 heavy (non-hydrogen) atoms. The topological polar surface area (TPSA) is 42.2 Å². The van der Waals surface area contributed by atoms with E-state index in [2.05, 4.69) is 27.9 Å². The van der Waals surface area contributed by atoms with Crippen LogP contribution in [0.5, 0.6) is 0 Å². The van der Waals surface area contributed by atoms with Gasteiger partial charge in [0.2, 0.25) is 5.91 Å². The number of carbonyl (C=O) groups excluding carboxylic acids is 1. The molecule has 0 saturated carbocycles. The molecule has 0 saturated heterocycles. The highest BCUT2D eigenvalue weighted by Crippen LogP contribution is 2.36. The molecule has 2 aromatic rings. The number of fused-ring (bicyclic) bond motifs is 1. The number of hydrogen-bond donors (Lipinski definition) is 1. The SMILES string of the molecule is O=C(/C=C/c1ccc(I)o1)NC1CCSc2ccc(F)cc21. The molecule has 2 heterocycles. The quantitative estimate of drug-likeness (QED) is 0.582. The van der Waals surface area contributed by atoms with Crippen LogP contribution in [-0.2, 0) is 4.79 Å². The maximum atomic E-state index is 13.4. The van der Waals surface area contributed by atoms with E-state index in [1.165, 1.54) is 18.2 Å². The number of rotatable bonds is 3. The van der Waals surface area contributed by atoms with Gasteiger partial charge in [-0.3, -0.25) is 4.79 Å². The molecule has 3 nitrogen and oxygen atoms in total. The van der Waals surface area contributed by atoms with Gasteiger partial charge in [-0.15, -0.1) is 11.8 Å². The number of nitrogens with one attached hydrogen (secondary N) is 1. The van der Waals surface area contributed by atoms with Crippen molar-refractivity contribution in [2.45, 2.75) is 17.4 Å². The lowest BCUT2D eigenvalue weighted by Crippen LogP contribution is -2.29. The third kappa shape index (κ3) is 3.73. The molecule has 1 aromatic carbocycles. The van der Waals surface area contributed by atoms with Crippen LogP contribution >= 0.6 is 34.4 Å². The fourth-order valence-electron chi connectivity index (χ4n) is 2.31. The van der Waals surface area contributed by atoms with Gasteiger partial charge in [-0.25, -0.2) is 4.39 Å². The van der Waals surface area contributed by atoms with E-state index in [9.17, 15) is 9.18 Å². The van der Waals surface area contributed by atoms with Crippen LogP contribution < -0.4 is 5.32 Å². The van der Waals surface area contributed by atoms with E-state index in [0.29, 0.717) is 5.76 Å². The first-order chi connectivity index (χ1) is 10.6. The Kier molecular flexibility index (Phi) is 4.87. The first kappa shape index (κ1) is 15.6. The van der Waals surface area contributed by atoms with Gasteiger partial charge in [-0.1, -0.05) is 0 Å². The lowest BCUT2D eigenvalue weighted by molar-refractivity contribution is -0.117. The highest BCUT2D eigenvalue weighted by atomic mass is 127. The van der Waals surface area contributed by atoms with Crippen molar-refractivity contribution in [1.29, 1.82) is 0 Å². The number of carbonyl (C=O) groups is 1. The lowest BCUT2D eigenvalue weighted by atomic mass is 10.0. The molecule has 0 bridgehead atoms. The number of amides is 1. The molecular formula is C16H13FINO2S. The second kappa shape index (κ2) is 6.87. The molecule has 6 heteroatoms. The fourth-order valence-corrected chi connectivity index (χ4v) is 3.85. The van der Waals surface area contributed by atoms with E-state index in [1.54, 1.807) is 30.0 Å². The lowest BCUT2D eigenvalue weighted by Gasteiger charge is -2.25. The van der Waals surface area contributed by atoms with E-state index in [-0.39, 0.29) is 17.8 Å². The summed E-state index contributed by atoms with van der Waals surface area (Å²) < 4.78 is 19.6. The van der Waals surface area contributed by atoms with E-state index in [1.807, 2.05) is 6.07 Å². The summed E-state index contributed by atoms with van der Waals surface area (Å²) in [6, 6.07) is 8.21. The van der Waals surface area contributed by atoms with Crippen molar-refractivity contribution in [2.75, 3.05) is 5.75 Å². The summed E-state index contributed by atoms with van der Waals surface area (Å²) in [7, 11) is 0. The van der Waals surface area contributed by atoms with Gasteiger partial charge in [0.25, 0.3) is 0 Å². The van der Waals surface area contributed by atoms with Crippen LogP contribution in [0.3, 0.4) is 0 Å². The molecule has 0 spiro atoms. The Morgan fingerprint density at radius 2 is 2.27 bits per heavy atom. The predicted molar refractivity (Wildman–Crippen MR) is 93.1 cm³/mol. The summed E-state index contributed by atoms with van der Waals surface area (Å²) in [6.45, 7) is 0. The summed E-state index contributed by atoms with van der Waals surface area (Å²) in [5, 5.41) is 2.93. The van der Waals surface area contributed by atoms with E-state index >= 15 is 0 Å². The highest BCUT2D eigenvalue weighted by Gasteiger charge is 2.22. The minimum absolute atomic E-state index is 0.152. The molecule has 114 valence electrons. The Bertz CT molecular complexity index is 729. The van der Waals surface area contributed by atoms with Crippen LogP contribution in [0.15, 0.2) is 45.7 Å². The van der Waals surface area contributed by atoms with Gasteiger partial charge in [-0.05, 0) is 71.0 Å². The van der Waals surface area contributed by atoms with Crippen LogP contribution in [0.25, 0.3) is 6.08 Å². The van der Waals surface area contributed by atoms with Crippen LogP contribution in [-0.4, -0.2) is 11.7 Å². The summed E-state index contributed by atoms with van der Waals surface area (Å²) in [4.78, 5) is 13.1. The molecule has 0 fully saturated rings. The van der Waals surface area contributed by atoms with Crippen molar-refractivity contribution >= 4 is 46.3 Å². The van der Waals surface area contributed by atoms with E-state index in [4.69, 9.17) is 4.42 Å². The third-order valence-corrected chi connectivity index (χ3v) is 5.02. The molecule has 1 aliphatic heterocycles. The summed E-state index contributed by atoms with van der Waals surface area (Å²) in [6.07, 6.45) is 3.86. The average Bonchev–Trinajstić information content (AvgIpc) is 2.91. The van der Waals surface area contributed by atoms with E-state index in [0.717, 1.165) is 26.4 Å². The minimum Gasteiger partial charge on any atom is -0.451 e. The molecule has 1 unspecified atom stereocenters. The monoisotopic (exact) mass is 429 g/mol. The first-order valence-electron chi connectivity index (χ1n) is 6.78. The molecule has 1 N–H and O–H groups in total. The van der Waals surface area contributed by atoms with Gasteiger partial charge >= 0.3 is 0 Å². The second-order valence-electron chi connectivity index (χ2n) is 4.86. The maximum Gasteiger partial charge on any atom is 0.244 e. The van der Waals surface area contributed by atoms with Gasteiger partial charge < -0.3 is 9.73 Å². The van der Waals surface area contributed by atoms with Crippen LogP contribution in [0, 0.1) is 9.58 Å². The molecule has 1 amide bonds. The standard InChI is InChI=1S/C16H13FINO2S/c17-10-1-4-14-12(9-10)13(7-8-22-14)19-16(20)6-3-11-2-5-15(18)21-11/h1-6,9,13H,7-8H2,(H,19,20)/b6-3+. The Balaban J connectivity index is 1.70. The smallest absolute Gasteiger partial charge is 0.244 e. The Hall–Kier alpha value is -1.28. The number of furan rings is 1. The highest BCUT2D eigenvalue weighted by molar-refractivity contribution is 14.1. The molecule has 0 aliphatic carbocycles. The van der Waals surface area contributed by atoms with Gasteiger partial charge in [0, 0.05) is 16.7 Å². The molecule has 1 aromatic heterocycles. The third-order valence-electron chi connectivity index (χ3n) is 3.32. The van der Waals surface area contributed by atoms with Gasteiger partial charge in [0.1, 0.15) is 11.6 Å². The van der Waals surface area contributed by atoms with Gasteiger partial charge in [0.15, 0.2) is 3.77 Å². The second-order valence-corrected chi connectivity index (χ2v) is 7.06. The summed E-state index contributed by atoms with van der Waals surface area (Å²) in [5.41, 5.74) is 0.852. The Labute approximate surface area is 145 Å². The molecule has 0 radical (unpaired) electrons. The van der Waals surface area contributed by atoms with Gasteiger partial charge in [-0.2, -0.15) is 0 Å². The van der Waals surface area contributed by atoms with E-state index < -0.39 is 0 Å². The number of halogens is 2. The van der Waals surface area contributed by atoms with Crippen molar-refractivity contribution in [2.24, 2.45) is 0 Å². The van der Waals surface area contributed by atoms with Crippen molar-refractivity contribution in [1.82, 2.24) is 5.32 Å². The fraction of sp³-hybridized carbons (Fsp3) is 0.188. The van der Waals surface area contributed by atoms with Crippen molar-refractivity contribution in [3.63, 3.8) is 0 Å². The molecule has 1 aliphatic rings. The summed E-state index contributed by atoms with van der Waals surface area (Å²) >= 11 is 3.76. The normalized spacial score (nSPS) is 17.5.